The zero-order chi connectivity index (χ0) is 19.1. The molecule has 26 heavy (non-hydrogen) atoms. The number of alkyl halides is 3. The first-order valence-corrected chi connectivity index (χ1v) is 9.01. The molecular formula is C14H22F3IN4O3S. The van der Waals surface area contributed by atoms with Crippen LogP contribution >= 0.6 is 24.0 Å². The average Bonchev–Trinajstić information content (AvgIpc) is 2.51. The molecule has 0 aromatic heterocycles. The first-order chi connectivity index (χ1) is 11.5. The van der Waals surface area contributed by atoms with E-state index in [9.17, 15) is 21.6 Å². The summed E-state index contributed by atoms with van der Waals surface area (Å²) >= 11 is 0. The van der Waals surface area contributed by atoms with Gasteiger partial charge in [0.2, 0.25) is 10.0 Å². The third-order valence-electron chi connectivity index (χ3n) is 3.11. The molecule has 1 aromatic rings. The van der Waals surface area contributed by atoms with Gasteiger partial charge in [0.15, 0.2) is 5.96 Å². The van der Waals surface area contributed by atoms with E-state index >= 15 is 0 Å². The van der Waals surface area contributed by atoms with Crippen LogP contribution in [-0.2, 0) is 10.0 Å². The van der Waals surface area contributed by atoms with Gasteiger partial charge in [-0.2, -0.15) is 0 Å². The number of halogens is 4. The summed E-state index contributed by atoms with van der Waals surface area (Å²) in [5.74, 6) is -0.232. The van der Waals surface area contributed by atoms with Crippen molar-refractivity contribution >= 4 is 45.6 Å². The lowest BCUT2D eigenvalue weighted by Gasteiger charge is -2.15. The lowest BCUT2D eigenvalue weighted by Crippen LogP contribution is -2.30. The van der Waals surface area contributed by atoms with Crippen molar-refractivity contribution < 1.29 is 26.3 Å². The fourth-order valence-corrected chi connectivity index (χ4v) is 2.63. The number of nitrogens with zero attached hydrogens (tertiary/aromatic N) is 2. The predicted octanol–water partition coefficient (Wildman–Crippen LogP) is 2.60. The van der Waals surface area contributed by atoms with Crippen LogP contribution in [0.3, 0.4) is 0 Å². The maximum Gasteiger partial charge on any atom is 0.573 e. The summed E-state index contributed by atoms with van der Waals surface area (Å²) in [6.07, 6.45) is -4.26. The zero-order valence-corrected chi connectivity index (χ0v) is 17.4. The van der Waals surface area contributed by atoms with E-state index in [1.807, 2.05) is 0 Å². The molecule has 150 valence electrons. The Hall–Kier alpha value is -1.28. The van der Waals surface area contributed by atoms with Crippen LogP contribution in [0.5, 0.6) is 5.75 Å². The number of hydrogen-bond donors (Lipinski definition) is 2. The molecule has 12 heteroatoms. The number of ether oxygens (including phenoxy) is 1. The molecule has 0 fully saturated rings. The van der Waals surface area contributed by atoms with E-state index in [1.165, 1.54) is 23.5 Å². The first kappa shape index (κ1) is 24.7. The molecule has 3 N–H and O–H groups in total. The number of nitrogens with two attached hydrogens (primary N) is 1. The van der Waals surface area contributed by atoms with Crippen LogP contribution in [0.4, 0.5) is 18.9 Å². The van der Waals surface area contributed by atoms with Gasteiger partial charge in [0.05, 0.1) is 5.75 Å². The minimum Gasteiger partial charge on any atom is -0.406 e. The van der Waals surface area contributed by atoms with Crippen LogP contribution in [-0.4, -0.2) is 50.9 Å². The van der Waals surface area contributed by atoms with Gasteiger partial charge < -0.3 is 15.8 Å². The van der Waals surface area contributed by atoms with Crippen LogP contribution in [0, 0.1) is 0 Å². The normalized spacial score (nSPS) is 12.6. The summed E-state index contributed by atoms with van der Waals surface area (Å²) in [6.45, 7) is 2.19. The van der Waals surface area contributed by atoms with Crippen LogP contribution in [0.2, 0.25) is 0 Å². The van der Waals surface area contributed by atoms with Crippen molar-refractivity contribution in [1.29, 1.82) is 0 Å². The van der Waals surface area contributed by atoms with E-state index in [-0.39, 0.29) is 41.4 Å². The number of benzene rings is 1. The maximum atomic E-state index is 12.1. The van der Waals surface area contributed by atoms with Gasteiger partial charge in [-0.1, -0.05) is 0 Å². The monoisotopic (exact) mass is 510 g/mol. The molecule has 0 spiro atoms. The van der Waals surface area contributed by atoms with Crippen LogP contribution in [0.15, 0.2) is 29.3 Å². The second-order valence-electron chi connectivity index (χ2n) is 5.04. The van der Waals surface area contributed by atoms with Crippen molar-refractivity contribution in [2.45, 2.75) is 19.7 Å². The van der Waals surface area contributed by atoms with Crippen molar-refractivity contribution in [2.75, 3.05) is 31.2 Å². The van der Waals surface area contributed by atoms with Gasteiger partial charge in [0, 0.05) is 25.8 Å². The Bertz CT molecular complexity index is 682. The van der Waals surface area contributed by atoms with E-state index in [1.54, 1.807) is 6.92 Å². The molecule has 0 heterocycles. The lowest BCUT2D eigenvalue weighted by atomic mass is 10.3. The highest BCUT2D eigenvalue weighted by Crippen LogP contribution is 2.23. The van der Waals surface area contributed by atoms with Crippen molar-refractivity contribution in [3.8, 4) is 5.75 Å². The fourth-order valence-electron chi connectivity index (χ4n) is 1.78. The summed E-state index contributed by atoms with van der Waals surface area (Å²) in [6, 6.07) is 5.03. The first-order valence-electron chi connectivity index (χ1n) is 7.40. The highest BCUT2D eigenvalue weighted by Gasteiger charge is 2.30. The average molecular weight is 510 g/mol. The van der Waals surface area contributed by atoms with Crippen LogP contribution in [0.25, 0.3) is 0 Å². The molecule has 0 aliphatic rings. The molecule has 0 aliphatic carbocycles. The van der Waals surface area contributed by atoms with Crippen molar-refractivity contribution in [3.63, 3.8) is 0 Å². The minimum absolute atomic E-state index is 0. The fraction of sp³-hybridized carbons (Fsp3) is 0.500. The third-order valence-corrected chi connectivity index (χ3v) is 4.98. The summed E-state index contributed by atoms with van der Waals surface area (Å²) in [4.78, 5) is 4.03. The van der Waals surface area contributed by atoms with E-state index in [4.69, 9.17) is 5.73 Å². The van der Waals surface area contributed by atoms with Crippen LogP contribution < -0.4 is 15.8 Å². The molecular weight excluding hydrogens is 488 g/mol. The van der Waals surface area contributed by atoms with Crippen molar-refractivity contribution in [1.82, 2.24) is 4.31 Å². The lowest BCUT2D eigenvalue weighted by molar-refractivity contribution is -0.274. The molecule has 7 nitrogen and oxygen atoms in total. The molecule has 1 aromatic carbocycles. The molecule has 0 bridgehead atoms. The Labute approximate surface area is 167 Å². The Kier molecular flexibility index (Phi) is 10.2. The third kappa shape index (κ3) is 9.43. The zero-order valence-electron chi connectivity index (χ0n) is 14.3. The van der Waals surface area contributed by atoms with E-state index in [0.29, 0.717) is 25.2 Å². The summed E-state index contributed by atoms with van der Waals surface area (Å²) in [5, 5.41) is 2.72. The number of aliphatic imine (C=N–C) groups is 1. The largest absolute Gasteiger partial charge is 0.573 e. The summed E-state index contributed by atoms with van der Waals surface area (Å²) < 4.78 is 64.3. The van der Waals surface area contributed by atoms with Gasteiger partial charge in [-0.05, 0) is 37.6 Å². The molecule has 0 radical (unpaired) electrons. The van der Waals surface area contributed by atoms with Gasteiger partial charge >= 0.3 is 6.36 Å². The molecule has 1 rings (SSSR count). The Balaban J connectivity index is 0.00000625. The Morgan fingerprint density at radius 1 is 1.31 bits per heavy atom. The van der Waals surface area contributed by atoms with E-state index < -0.39 is 16.4 Å². The van der Waals surface area contributed by atoms with Crippen molar-refractivity contribution in [2.24, 2.45) is 10.7 Å². The molecule has 0 aliphatic heterocycles. The van der Waals surface area contributed by atoms with Gasteiger partial charge in [-0.3, -0.25) is 4.99 Å². The Morgan fingerprint density at radius 3 is 2.38 bits per heavy atom. The number of sulfonamides is 1. The standard InChI is InChI=1S/C14H21F3N4O3S.HI/c1-3-25(22,23)21(2)10-4-9-19-13(18)20-11-5-7-12(8-6-11)24-14(15,16)17;/h5-8H,3-4,9-10H2,1-2H3,(H3,18,19,20);1H. The SMILES string of the molecule is CCS(=O)(=O)N(C)CCCN=C(N)Nc1ccc(OC(F)(F)F)cc1.I. The number of anilines is 1. The van der Waals surface area contributed by atoms with Gasteiger partial charge in [-0.15, -0.1) is 37.1 Å². The molecule has 0 saturated heterocycles. The Morgan fingerprint density at radius 2 is 1.88 bits per heavy atom. The quantitative estimate of drug-likeness (QED) is 0.243. The predicted molar refractivity (Wildman–Crippen MR) is 105 cm³/mol. The van der Waals surface area contributed by atoms with Gasteiger partial charge in [0.25, 0.3) is 0 Å². The number of guanidine groups is 1. The minimum atomic E-state index is -4.74. The molecule has 0 saturated carbocycles. The van der Waals surface area contributed by atoms with Gasteiger partial charge in [-0.25, -0.2) is 12.7 Å². The molecule has 0 amide bonds. The number of rotatable bonds is 8. The summed E-state index contributed by atoms with van der Waals surface area (Å²) in [5.41, 5.74) is 6.12. The van der Waals surface area contributed by atoms with Gasteiger partial charge in [0.1, 0.15) is 5.75 Å². The molecule has 0 atom stereocenters. The highest BCUT2D eigenvalue weighted by atomic mass is 127. The smallest absolute Gasteiger partial charge is 0.406 e. The second-order valence-corrected chi connectivity index (χ2v) is 7.40. The topological polar surface area (TPSA) is 97.0 Å². The van der Waals surface area contributed by atoms with Crippen molar-refractivity contribution in [3.05, 3.63) is 24.3 Å². The second kappa shape index (κ2) is 10.8. The highest BCUT2D eigenvalue weighted by molar-refractivity contribution is 14.0. The maximum absolute atomic E-state index is 12.1. The van der Waals surface area contributed by atoms with Crippen LogP contribution in [0.1, 0.15) is 13.3 Å². The van der Waals surface area contributed by atoms with E-state index in [2.05, 4.69) is 15.0 Å². The number of nitrogens with one attached hydrogen (secondary N) is 1. The molecule has 0 unspecified atom stereocenters. The van der Waals surface area contributed by atoms with E-state index in [0.717, 1.165) is 12.1 Å². The summed E-state index contributed by atoms with van der Waals surface area (Å²) in [7, 11) is -1.72. The number of hydrogen-bond acceptors (Lipinski definition) is 4.